The van der Waals surface area contributed by atoms with E-state index in [4.69, 9.17) is 4.74 Å². The van der Waals surface area contributed by atoms with Gasteiger partial charge in [0.1, 0.15) is 34.4 Å². The zero-order valence-electron chi connectivity index (χ0n) is 18.9. The van der Waals surface area contributed by atoms with Crippen LogP contribution in [-0.4, -0.2) is 21.8 Å². The van der Waals surface area contributed by atoms with Crippen molar-refractivity contribution < 1.29 is 13.9 Å². The van der Waals surface area contributed by atoms with E-state index in [2.05, 4.69) is 10.3 Å². The lowest BCUT2D eigenvalue weighted by Gasteiger charge is -2.11. The zero-order chi connectivity index (χ0) is 24.8. The third-order valence-electron chi connectivity index (χ3n) is 5.27. The molecule has 174 valence electrons. The van der Waals surface area contributed by atoms with Crippen molar-refractivity contribution in [2.75, 3.05) is 6.54 Å². The number of nitriles is 1. The molecule has 0 fully saturated rings. The molecule has 2 aromatic carbocycles. The van der Waals surface area contributed by atoms with Gasteiger partial charge in [-0.15, -0.1) is 0 Å². The summed E-state index contributed by atoms with van der Waals surface area (Å²) in [4.78, 5) is 30.5. The second kappa shape index (κ2) is 10.4. The summed E-state index contributed by atoms with van der Waals surface area (Å²) in [5.41, 5.74) is 1.26. The molecule has 7 nitrogen and oxygen atoms in total. The number of hydrogen-bond acceptors (Lipinski definition) is 5. The number of ether oxygens (including phenoxy) is 1. The first-order valence-corrected chi connectivity index (χ1v) is 10.9. The van der Waals surface area contributed by atoms with Crippen LogP contribution in [-0.2, 0) is 11.2 Å². The second-order valence-corrected chi connectivity index (χ2v) is 7.74. The molecule has 0 atom stereocenters. The van der Waals surface area contributed by atoms with E-state index in [-0.39, 0.29) is 22.8 Å². The topological polar surface area (TPSA) is 96.5 Å². The van der Waals surface area contributed by atoms with Gasteiger partial charge in [-0.25, -0.2) is 4.39 Å². The molecule has 1 amide bonds. The van der Waals surface area contributed by atoms with Crippen molar-refractivity contribution in [2.45, 2.75) is 13.3 Å². The molecule has 0 saturated heterocycles. The highest BCUT2D eigenvalue weighted by atomic mass is 19.1. The highest BCUT2D eigenvalue weighted by molar-refractivity contribution is 6.01. The highest BCUT2D eigenvalue weighted by Gasteiger charge is 2.18. The van der Waals surface area contributed by atoms with Crippen molar-refractivity contribution in [1.82, 2.24) is 14.7 Å². The molecule has 0 radical (unpaired) electrons. The van der Waals surface area contributed by atoms with Crippen LogP contribution in [0.1, 0.15) is 16.7 Å². The van der Waals surface area contributed by atoms with E-state index in [0.29, 0.717) is 18.6 Å². The first kappa shape index (κ1) is 23.4. The van der Waals surface area contributed by atoms with Crippen molar-refractivity contribution in [3.8, 4) is 17.7 Å². The van der Waals surface area contributed by atoms with Gasteiger partial charge >= 0.3 is 0 Å². The third-order valence-corrected chi connectivity index (χ3v) is 5.27. The smallest absolute Gasteiger partial charge is 0.269 e. The molecular weight excluding hydrogens is 447 g/mol. The number of benzene rings is 2. The van der Waals surface area contributed by atoms with Crippen LogP contribution in [0, 0.1) is 24.1 Å². The van der Waals surface area contributed by atoms with Crippen LogP contribution in [0.25, 0.3) is 11.7 Å². The maximum Gasteiger partial charge on any atom is 0.269 e. The van der Waals surface area contributed by atoms with Gasteiger partial charge in [-0.2, -0.15) is 10.2 Å². The SMILES string of the molecule is Cc1cccn2c(=O)c(C=C(C#N)C(=O)NCCc3ccccc3)c(Oc3ccc(F)cc3)nc12. The summed E-state index contributed by atoms with van der Waals surface area (Å²) >= 11 is 0. The molecule has 0 bridgehead atoms. The summed E-state index contributed by atoms with van der Waals surface area (Å²) in [5.74, 6) is -0.916. The number of aromatic nitrogens is 2. The molecule has 0 saturated carbocycles. The first-order chi connectivity index (χ1) is 17.0. The van der Waals surface area contributed by atoms with E-state index >= 15 is 0 Å². The van der Waals surface area contributed by atoms with Crippen LogP contribution in [0.3, 0.4) is 0 Å². The average molecular weight is 468 g/mol. The number of nitrogens with zero attached hydrogens (tertiary/aromatic N) is 3. The van der Waals surface area contributed by atoms with Gasteiger partial charge in [0.2, 0.25) is 5.88 Å². The number of carbonyl (C=O) groups excluding carboxylic acids is 1. The second-order valence-electron chi connectivity index (χ2n) is 7.74. The normalized spacial score (nSPS) is 11.2. The Morgan fingerprint density at radius 3 is 2.60 bits per heavy atom. The van der Waals surface area contributed by atoms with Crippen LogP contribution in [0.4, 0.5) is 4.39 Å². The molecule has 0 aliphatic heterocycles. The monoisotopic (exact) mass is 468 g/mol. The fraction of sp³-hybridized carbons (Fsp3) is 0.111. The molecule has 0 unspecified atom stereocenters. The van der Waals surface area contributed by atoms with Crippen LogP contribution >= 0.6 is 0 Å². The Labute approximate surface area is 200 Å². The molecule has 35 heavy (non-hydrogen) atoms. The fourth-order valence-corrected chi connectivity index (χ4v) is 3.46. The van der Waals surface area contributed by atoms with Gasteiger partial charge in [0.25, 0.3) is 11.5 Å². The largest absolute Gasteiger partial charge is 0.438 e. The quantitative estimate of drug-likeness (QED) is 0.324. The van der Waals surface area contributed by atoms with Crippen molar-refractivity contribution in [2.24, 2.45) is 0 Å². The summed E-state index contributed by atoms with van der Waals surface area (Å²) in [5, 5.41) is 12.3. The van der Waals surface area contributed by atoms with E-state index in [9.17, 15) is 19.2 Å². The van der Waals surface area contributed by atoms with Crippen LogP contribution in [0.15, 0.2) is 83.3 Å². The van der Waals surface area contributed by atoms with Gasteiger partial charge in [-0.05, 0) is 60.9 Å². The summed E-state index contributed by atoms with van der Waals surface area (Å²) < 4.78 is 20.4. The number of fused-ring (bicyclic) bond motifs is 1. The molecule has 8 heteroatoms. The Bertz CT molecular complexity index is 1500. The summed E-state index contributed by atoms with van der Waals surface area (Å²) in [6.07, 6.45) is 3.30. The lowest BCUT2D eigenvalue weighted by Crippen LogP contribution is -2.27. The predicted molar refractivity (Wildman–Crippen MR) is 129 cm³/mol. The zero-order valence-corrected chi connectivity index (χ0v) is 18.9. The molecule has 1 N–H and O–H groups in total. The predicted octanol–water partition coefficient (Wildman–Crippen LogP) is 4.20. The maximum absolute atomic E-state index is 13.3. The molecule has 4 aromatic rings. The van der Waals surface area contributed by atoms with Crippen LogP contribution < -0.4 is 15.6 Å². The van der Waals surface area contributed by atoms with Gasteiger partial charge in [-0.1, -0.05) is 36.4 Å². The number of hydrogen-bond donors (Lipinski definition) is 1. The van der Waals surface area contributed by atoms with Gasteiger partial charge < -0.3 is 10.1 Å². The number of amides is 1. The van der Waals surface area contributed by atoms with E-state index in [1.165, 1.54) is 34.7 Å². The van der Waals surface area contributed by atoms with Crippen molar-refractivity contribution in [3.05, 3.63) is 111 Å². The summed E-state index contributed by atoms with van der Waals surface area (Å²) in [7, 11) is 0. The van der Waals surface area contributed by atoms with Crippen LogP contribution in [0.5, 0.6) is 11.6 Å². The number of carbonyl (C=O) groups is 1. The van der Waals surface area contributed by atoms with Gasteiger partial charge in [0, 0.05) is 12.7 Å². The standard InChI is InChI=1S/C27H21FN4O3/c1-18-6-5-15-32-24(18)31-26(35-22-11-9-21(28)10-12-22)23(27(32)34)16-20(17-29)25(33)30-14-13-19-7-3-2-4-8-19/h2-12,15-16H,13-14H2,1H3,(H,30,33). The molecule has 2 heterocycles. The Morgan fingerprint density at radius 2 is 1.89 bits per heavy atom. The van der Waals surface area contributed by atoms with Crippen molar-refractivity contribution in [3.63, 3.8) is 0 Å². The molecule has 2 aromatic heterocycles. The summed E-state index contributed by atoms with van der Waals surface area (Å²) in [6, 6.07) is 20.1. The molecule has 4 rings (SSSR count). The lowest BCUT2D eigenvalue weighted by molar-refractivity contribution is -0.117. The highest BCUT2D eigenvalue weighted by Crippen LogP contribution is 2.25. The average Bonchev–Trinajstić information content (AvgIpc) is 2.86. The molecule has 0 spiro atoms. The Balaban J connectivity index is 1.70. The number of nitrogens with one attached hydrogen (secondary N) is 1. The van der Waals surface area contributed by atoms with Gasteiger partial charge in [-0.3, -0.25) is 14.0 Å². The van der Waals surface area contributed by atoms with Gasteiger partial charge in [0.05, 0.1) is 0 Å². The van der Waals surface area contributed by atoms with Crippen molar-refractivity contribution >= 4 is 17.6 Å². The minimum absolute atomic E-state index is 0.0767. The minimum atomic E-state index is -0.620. The van der Waals surface area contributed by atoms with E-state index < -0.39 is 17.3 Å². The molecule has 0 aliphatic carbocycles. The Kier molecular flexibility index (Phi) is 6.98. The first-order valence-electron chi connectivity index (χ1n) is 10.9. The fourth-order valence-electron chi connectivity index (χ4n) is 3.46. The summed E-state index contributed by atoms with van der Waals surface area (Å²) in [6.45, 7) is 2.11. The van der Waals surface area contributed by atoms with E-state index in [1.54, 1.807) is 25.3 Å². The van der Waals surface area contributed by atoms with Crippen LogP contribution in [0.2, 0.25) is 0 Å². The third kappa shape index (κ3) is 5.42. The Hall–Kier alpha value is -4.77. The molecular formula is C27H21FN4O3. The van der Waals surface area contributed by atoms with E-state index in [1.807, 2.05) is 36.4 Å². The number of pyridine rings is 1. The van der Waals surface area contributed by atoms with Gasteiger partial charge in [0.15, 0.2) is 0 Å². The number of rotatable bonds is 7. The number of aryl methyl sites for hydroxylation is 1. The lowest BCUT2D eigenvalue weighted by atomic mass is 10.1. The Morgan fingerprint density at radius 1 is 1.14 bits per heavy atom. The minimum Gasteiger partial charge on any atom is -0.438 e. The number of halogens is 1. The molecule has 0 aliphatic rings. The maximum atomic E-state index is 13.3. The van der Waals surface area contributed by atoms with Crippen molar-refractivity contribution in [1.29, 1.82) is 5.26 Å². The van der Waals surface area contributed by atoms with E-state index in [0.717, 1.165) is 11.1 Å².